The number of hydrogen-bond donors (Lipinski definition) is 0. The average Bonchev–Trinajstić information content (AvgIpc) is 2.59. The number of nitrogens with zero attached hydrogens (tertiary/aromatic N) is 2. The minimum Gasteiger partial charge on any atom is -0.296 e. The Kier molecular flexibility index (Phi) is 5.47. The maximum Gasteiger partial charge on any atom is 0.243 e. The molecular weight excluding hydrogens is 367 g/mol. The van der Waals surface area contributed by atoms with Crippen molar-refractivity contribution in [2.24, 2.45) is 0 Å². The monoisotopic (exact) mass is 384 g/mol. The summed E-state index contributed by atoms with van der Waals surface area (Å²) in [5, 5.41) is 1.08. The maximum atomic E-state index is 12.6. The Morgan fingerprint density at radius 2 is 1.54 bits per heavy atom. The second-order valence-electron chi connectivity index (χ2n) is 5.74. The molecule has 1 aliphatic heterocycles. The van der Waals surface area contributed by atoms with Gasteiger partial charge in [-0.2, -0.15) is 4.31 Å². The lowest BCUT2D eigenvalue weighted by atomic mass is 10.2. The van der Waals surface area contributed by atoms with Crippen molar-refractivity contribution in [1.82, 2.24) is 9.21 Å². The molecule has 0 aromatic heterocycles. The molecule has 3 rings (SSSR count). The molecule has 0 atom stereocenters. The molecule has 24 heavy (non-hydrogen) atoms. The summed E-state index contributed by atoms with van der Waals surface area (Å²) in [4.78, 5) is 2.57. The number of benzene rings is 2. The zero-order chi connectivity index (χ0) is 17.2. The van der Waals surface area contributed by atoms with Gasteiger partial charge in [-0.3, -0.25) is 4.90 Å². The summed E-state index contributed by atoms with van der Waals surface area (Å²) < 4.78 is 26.8. The number of sulfonamides is 1. The minimum absolute atomic E-state index is 0.350. The highest BCUT2D eigenvalue weighted by atomic mass is 35.5. The molecule has 1 heterocycles. The van der Waals surface area contributed by atoms with Crippen LogP contribution in [0.3, 0.4) is 0 Å². The van der Waals surface area contributed by atoms with Gasteiger partial charge in [-0.25, -0.2) is 8.42 Å². The maximum absolute atomic E-state index is 12.6. The van der Waals surface area contributed by atoms with Crippen molar-refractivity contribution in [2.75, 3.05) is 26.2 Å². The molecule has 0 aliphatic carbocycles. The first-order chi connectivity index (χ1) is 11.5. The van der Waals surface area contributed by atoms with Crippen molar-refractivity contribution >= 4 is 33.2 Å². The predicted molar refractivity (Wildman–Crippen MR) is 96.9 cm³/mol. The van der Waals surface area contributed by atoms with Crippen LogP contribution in [-0.4, -0.2) is 43.8 Å². The van der Waals surface area contributed by atoms with E-state index in [1.807, 2.05) is 18.2 Å². The molecule has 1 fully saturated rings. The van der Waals surface area contributed by atoms with E-state index in [2.05, 4.69) is 4.90 Å². The van der Waals surface area contributed by atoms with Gasteiger partial charge in [0, 0.05) is 32.7 Å². The van der Waals surface area contributed by atoms with Gasteiger partial charge in [0.25, 0.3) is 0 Å². The SMILES string of the molecule is O=S(=O)(c1ccccc1)N1CCN(Cc2ccc(Cl)c(Cl)c2)CC1. The van der Waals surface area contributed by atoms with E-state index in [0.29, 0.717) is 41.1 Å². The van der Waals surface area contributed by atoms with Gasteiger partial charge in [-0.1, -0.05) is 47.5 Å². The Morgan fingerprint density at radius 1 is 0.875 bits per heavy atom. The lowest BCUT2D eigenvalue weighted by Gasteiger charge is -2.34. The quantitative estimate of drug-likeness (QED) is 0.809. The number of halogens is 2. The van der Waals surface area contributed by atoms with Crippen LogP contribution in [0.4, 0.5) is 0 Å². The number of rotatable bonds is 4. The van der Waals surface area contributed by atoms with Crippen LogP contribution in [0.25, 0.3) is 0 Å². The van der Waals surface area contributed by atoms with Crippen molar-refractivity contribution in [3.8, 4) is 0 Å². The van der Waals surface area contributed by atoms with Crippen molar-refractivity contribution in [3.63, 3.8) is 0 Å². The predicted octanol–water partition coefficient (Wildman–Crippen LogP) is 3.50. The van der Waals surface area contributed by atoms with Crippen LogP contribution >= 0.6 is 23.2 Å². The highest BCUT2D eigenvalue weighted by Gasteiger charge is 2.28. The van der Waals surface area contributed by atoms with Crippen molar-refractivity contribution in [3.05, 3.63) is 64.1 Å². The zero-order valence-corrected chi connectivity index (χ0v) is 15.4. The molecule has 0 N–H and O–H groups in total. The van der Waals surface area contributed by atoms with E-state index in [1.54, 1.807) is 34.6 Å². The Bertz CT molecular complexity index is 805. The van der Waals surface area contributed by atoms with Crippen molar-refractivity contribution < 1.29 is 8.42 Å². The molecule has 0 radical (unpaired) electrons. The van der Waals surface area contributed by atoms with Crippen LogP contribution in [0.2, 0.25) is 10.0 Å². The third kappa shape index (κ3) is 3.92. The largest absolute Gasteiger partial charge is 0.296 e. The van der Waals surface area contributed by atoms with Crippen LogP contribution in [0, 0.1) is 0 Å². The van der Waals surface area contributed by atoms with Gasteiger partial charge in [-0.15, -0.1) is 0 Å². The molecule has 2 aromatic rings. The molecule has 0 bridgehead atoms. The fraction of sp³-hybridized carbons (Fsp3) is 0.294. The summed E-state index contributed by atoms with van der Waals surface area (Å²) in [5.74, 6) is 0. The molecule has 7 heteroatoms. The van der Waals surface area contributed by atoms with Crippen LogP contribution in [0.5, 0.6) is 0 Å². The number of hydrogen-bond acceptors (Lipinski definition) is 3. The first-order valence-electron chi connectivity index (χ1n) is 7.68. The summed E-state index contributed by atoms with van der Waals surface area (Å²) in [7, 11) is -3.40. The molecule has 128 valence electrons. The van der Waals surface area contributed by atoms with Crippen molar-refractivity contribution in [1.29, 1.82) is 0 Å². The highest BCUT2D eigenvalue weighted by Crippen LogP contribution is 2.24. The van der Waals surface area contributed by atoms with Crippen LogP contribution in [-0.2, 0) is 16.6 Å². The summed E-state index contributed by atoms with van der Waals surface area (Å²) >= 11 is 12.0. The molecule has 0 spiro atoms. The topological polar surface area (TPSA) is 40.6 Å². The smallest absolute Gasteiger partial charge is 0.243 e. The van der Waals surface area contributed by atoms with Gasteiger partial charge >= 0.3 is 0 Å². The summed E-state index contributed by atoms with van der Waals surface area (Å²) in [6.45, 7) is 3.08. The molecule has 0 unspecified atom stereocenters. The zero-order valence-electron chi connectivity index (χ0n) is 13.0. The molecule has 0 amide bonds. The Hall–Kier alpha value is -1.11. The molecule has 4 nitrogen and oxygen atoms in total. The van der Waals surface area contributed by atoms with E-state index < -0.39 is 10.0 Å². The van der Waals surface area contributed by atoms with E-state index in [9.17, 15) is 8.42 Å². The summed E-state index contributed by atoms with van der Waals surface area (Å²) in [6, 6.07) is 14.2. The standard InChI is InChI=1S/C17H18Cl2N2O2S/c18-16-7-6-14(12-17(16)19)13-20-8-10-21(11-9-20)24(22,23)15-4-2-1-3-5-15/h1-7,12H,8-11,13H2. The average molecular weight is 385 g/mol. The van der Waals surface area contributed by atoms with E-state index in [0.717, 1.165) is 12.1 Å². The third-order valence-corrected chi connectivity index (χ3v) is 6.75. The van der Waals surface area contributed by atoms with Gasteiger partial charge in [0.2, 0.25) is 10.0 Å². The first-order valence-corrected chi connectivity index (χ1v) is 9.88. The van der Waals surface area contributed by atoms with Crippen LogP contribution in [0.1, 0.15) is 5.56 Å². The van der Waals surface area contributed by atoms with Crippen LogP contribution in [0.15, 0.2) is 53.4 Å². The molecule has 1 saturated heterocycles. The third-order valence-electron chi connectivity index (χ3n) is 4.10. The van der Waals surface area contributed by atoms with Gasteiger partial charge in [0.1, 0.15) is 0 Å². The van der Waals surface area contributed by atoms with Crippen molar-refractivity contribution in [2.45, 2.75) is 11.4 Å². The fourth-order valence-electron chi connectivity index (χ4n) is 2.77. The molecule has 1 aliphatic rings. The second-order valence-corrected chi connectivity index (χ2v) is 8.49. The minimum atomic E-state index is -3.40. The fourth-order valence-corrected chi connectivity index (χ4v) is 4.53. The van der Waals surface area contributed by atoms with Crippen LogP contribution < -0.4 is 0 Å². The number of piperazine rings is 1. The molecule has 2 aromatic carbocycles. The van der Waals surface area contributed by atoms with Gasteiger partial charge in [0.05, 0.1) is 14.9 Å². The lowest BCUT2D eigenvalue weighted by molar-refractivity contribution is 0.181. The second kappa shape index (κ2) is 7.42. The normalized spacial score (nSPS) is 17.1. The van der Waals surface area contributed by atoms with Gasteiger partial charge in [-0.05, 0) is 29.8 Å². The summed E-state index contributed by atoms with van der Waals surface area (Å²) in [5.41, 5.74) is 1.07. The van der Waals surface area contributed by atoms with Gasteiger partial charge < -0.3 is 0 Å². The summed E-state index contributed by atoms with van der Waals surface area (Å²) in [6.07, 6.45) is 0. The van der Waals surface area contributed by atoms with E-state index in [4.69, 9.17) is 23.2 Å². The Morgan fingerprint density at radius 3 is 2.17 bits per heavy atom. The first kappa shape index (κ1) is 17.7. The van der Waals surface area contributed by atoms with E-state index in [1.165, 1.54) is 0 Å². The van der Waals surface area contributed by atoms with Gasteiger partial charge in [0.15, 0.2) is 0 Å². The lowest BCUT2D eigenvalue weighted by Crippen LogP contribution is -2.48. The Balaban J connectivity index is 1.62. The molecular formula is C17H18Cl2N2O2S. The highest BCUT2D eigenvalue weighted by molar-refractivity contribution is 7.89. The van der Waals surface area contributed by atoms with E-state index in [-0.39, 0.29) is 0 Å². The van der Waals surface area contributed by atoms with E-state index >= 15 is 0 Å². The molecule has 0 saturated carbocycles. The Labute approximate surface area is 152 Å².